The van der Waals surface area contributed by atoms with Crippen LogP contribution < -0.4 is 33.9 Å². The number of H-pyrrole nitrogens is 1. The molecule has 7 aromatic rings. The van der Waals surface area contributed by atoms with E-state index in [9.17, 15) is 28.4 Å². The van der Waals surface area contributed by atoms with E-state index < -0.39 is 37.0 Å². The number of sulfonamides is 1. The molecular weight excluding hydrogens is 1050 g/mol. The Balaban J connectivity index is 0.756. The molecule has 0 bridgehead atoms. The number of nitrogens with zero attached hydrogens (tertiary/aromatic N) is 5. The Morgan fingerprint density at radius 2 is 1.73 bits per heavy atom. The van der Waals surface area contributed by atoms with Crippen molar-refractivity contribution in [3.63, 3.8) is 0 Å². The fourth-order valence-corrected chi connectivity index (χ4v) is 14.4. The van der Waals surface area contributed by atoms with E-state index in [2.05, 4.69) is 91.0 Å². The normalized spacial score (nSPS) is 21.4. The number of aryl methyl sites for hydroxylation is 1. The minimum atomic E-state index is -4.83. The highest BCUT2D eigenvalue weighted by Gasteiger charge is 2.50. The second-order valence-corrected chi connectivity index (χ2v) is 25.3. The van der Waals surface area contributed by atoms with Gasteiger partial charge in [-0.05, 0) is 142 Å². The van der Waals surface area contributed by atoms with Gasteiger partial charge in [-0.15, -0.1) is 0 Å². The smallest absolute Gasteiger partial charge is 0.297 e. The van der Waals surface area contributed by atoms with Gasteiger partial charge in [-0.3, -0.25) is 24.7 Å². The van der Waals surface area contributed by atoms with Crippen LogP contribution in [0.15, 0.2) is 101 Å². The molecule has 4 aromatic carbocycles. The number of aromatic amines is 1. The number of benzene rings is 4. The van der Waals surface area contributed by atoms with Crippen molar-refractivity contribution >= 4 is 55.0 Å². The highest BCUT2D eigenvalue weighted by atomic mass is 32.2. The summed E-state index contributed by atoms with van der Waals surface area (Å²) in [5, 5.41) is 28.0. The number of piperidine rings is 1. The SMILES string of the molecule is COc1cc(CN2CCN(C3CC4(CCN(c5ccc(C(=O)NS(=O)(=O)c6cc([N+](=O)[O-])c(NCC7CCC(C)(O)CC7)c7c6OCO7)c(Oc6cnc7[nH]ccc7c6)c5)CC4)C3)C(c3ccccc3C(C)C)C2)cc2cc(C)oc12. The van der Waals surface area contributed by atoms with Gasteiger partial charge in [0, 0.05) is 92.7 Å². The van der Waals surface area contributed by atoms with E-state index in [0.29, 0.717) is 55.6 Å². The molecule has 3 aliphatic heterocycles. The number of hydrogen-bond acceptors (Lipinski definition) is 16. The Morgan fingerprint density at radius 1 is 0.951 bits per heavy atom. The van der Waals surface area contributed by atoms with Crippen molar-refractivity contribution in [2.24, 2.45) is 11.3 Å². The molecule has 1 atom stereocenters. The molecule has 81 heavy (non-hydrogen) atoms. The third-order valence-corrected chi connectivity index (χ3v) is 19.1. The summed E-state index contributed by atoms with van der Waals surface area (Å²) in [6.07, 6.45) is 10.1. The van der Waals surface area contributed by atoms with Crippen LogP contribution in [0.5, 0.6) is 28.7 Å². The Labute approximate surface area is 471 Å². The number of methoxy groups -OCH3 is 1. The molecular formula is C61H70N8O11S. The maximum atomic E-state index is 14.4. The average molecular weight is 1120 g/mol. The fourth-order valence-electron chi connectivity index (χ4n) is 13.3. The highest BCUT2D eigenvalue weighted by molar-refractivity contribution is 7.90. The lowest BCUT2D eigenvalue weighted by Crippen LogP contribution is -2.60. The quantitative estimate of drug-likeness (QED) is 0.0521. The number of pyridine rings is 1. The summed E-state index contributed by atoms with van der Waals surface area (Å²) in [6.45, 7) is 13.5. The van der Waals surface area contributed by atoms with Crippen molar-refractivity contribution < 1.29 is 46.6 Å². The standard InChI is InChI=1S/C61H70N8O11S/c1-37(2)46-8-6-7-9-47(46)50-35-66(34-40-25-42-24-38(3)79-55(42)52(26-40)76-5)22-23-68(50)44-30-61(31-44)17-20-67(21-18-61)43-10-11-48(51(28-43)80-45-27-41-14-19-62-58(41)64-33-45)59(70)65-81(74,75)53-29-49(69(72)73)54(57-56(53)77-36-78-57)63-32-39-12-15-60(4,71)16-13-39/h6-11,14,19,24-29,33,37,39,44,50,63,71H,12-13,15-18,20-23,30-32,34-36H2,1-5H3,(H,62,64)(H,65,70). The molecule has 19 nitrogen and oxygen atoms in total. The van der Waals surface area contributed by atoms with E-state index in [1.807, 2.05) is 13.0 Å². The molecule has 1 unspecified atom stereocenters. The molecule has 4 fully saturated rings. The summed E-state index contributed by atoms with van der Waals surface area (Å²) in [7, 11) is -3.13. The van der Waals surface area contributed by atoms with E-state index in [4.69, 9.17) is 23.4 Å². The summed E-state index contributed by atoms with van der Waals surface area (Å²) < 4.78 is 60.3. The molecule has 5 aliphatic rings. The number of aromatic nitrogens is 2. The molecule has 20 heteroatoms. The Kier molecular flexibility index (Phi) is 14.4. The van der Waals surface area contributed by atoms with Crippen LogP contribution in [0.1, 0.15) is 117 Å². The Bertz CT molecular complexity index is 3650. The van der Waals surface area contributed by atoms with Gasteiger partial charge in [0.2, 0.25) is 6.79 Å². The van der Waals surface area contributed by atoms with Crippen LogP contribution in [0.3, 0.4) is 0 Å². The molecule has 426 valence electrons. The van der Waals surface area contributed by atoms with Crippen LogP contribution in [0.2, 0.25) is 0 Å². The molecule has 0 radical (unpaired) electrons. The lowest BCUT2D eigenvalue weighted by atomic mass is 9.59. The molecule has 2 aliphatic carbocycles. The first-order valence-electron chi connectivity index (χ1n) is 28.2. The number of nitro groups is 1. The first kappa shape index (κ1) is 54.2. The van der Waals surface area contributed by atoms with E-state index in [1.165, 1.54) is 22.9 Å². The van der Waals surface area contributed by atoms with E-state index in [-0.39, 0.29) is 52.7 Å². The number of furan rings is 1. The minimum absolute atomic E-state index is 0.0187. The molecule has 3 aromatic heterocycles. The van der Waals surface area contributed by atoms with Crippen molar-refractivity contribution in [3.05, 3.63) is 129 Å². The number of carbonyl (C=O) groups excluding carboxylic acids is 1. The number of piperazine rings is 1. The number of carbonyl (C=O) groups is 1. The van der Waals surface area contributed by atoms with Crippen LogP contribution in [0, 0.1) is 28.4 Å². The van der Waals surface area contributed by atoms with Crippen molar-refractivity contribution in [2.75, 3.05) is 63.4 Å². The monoisotopic (exact) mass is 1120 g/mol. The van der Waals surface area contributed by atoms with Crippen LogP contribution in [-0.4, -0.2) is 109 Å². The predicted molar refractivity (Wildman–Crippen MR) is 307 cm³/mol. The number of rotatable bonds is 16. The number of ether oxygens (including phenoxy) is 4. The summed E-state index contributed by atoms with van der Waals surface area (Å²) in [5.74, 6) is 1.15. The maximum Gasteiger partial charge on any atom is 0.297 e. The molecule has 1 spiro atoms. The van der Waals surface area contributed by atoms with Crippen molar-refractivity contribution in [1.29, 1.82) is 0 Å². The first-order chi connectivity index (χ1) is 38.9. The molecule has 4 N–H and O–H groups in total. The van der Waals surface area contributed by atoms with E-state index in [0.717, 1.165) is 105 Å². The maximum absolute atomic E-state index is 14.4. The van der Waals surface area contributed by atoms with E-state index >= 15 is 0 Å². The van der Waals surface area contributed by atoms with Gasteiger partial charge in [0.25, 0.3) is 21.6 Å². The predicted octanol–water partition coefficient (Wildman–Crippen LogP) is 11.0. The lowest BCUT2D eigenvalue weighted by Gasteiger charge is -2.58. The van der Waals surface area contributed by atoms with Crippen LogP contribution >= 0.6 is 0 Å². The van der Waals surface area contributed by atoms with Crippen molar-refractivity contribution in [2.45, 2.75) is 114 Å². The molecule has 2 saturated heterocycles. The lowest BCUT2D eigenvalue weighted by molar-refractivity contribution is -0.384. The van der Waals surface area contributed by atoms with Crippen LogP contribution in [0.4, 0.5) is 17.1 Å². The summed E-state index contributed by atoms with van der Waals surface area (Å²) >= 11 is 0. The number of nitro benzene ring substituents is 1. The van der Waals surface area contributed by atoms with Gasteiger partial charge < -0.3 is 43.7 Å². The molecule has 2 saturated carbocycles. The average Bonchev–Trinajstić information content (AvgIpc) is 4.38. The topological polar surface area (TPSA) is 227 Å². The van der Waals surface area contributed by atoms with Gasteiger partial charge in [0.1, 0.15) is 27.8 Å². The van der Waals surface area contributed by atoms with Gasteiger partial charge in [0.05, 0.1) is 29.4 Å². The zero-order valence-corrected chi connectivity index (χ0v) is 47.3. The van der Waals surface area contributed by atoms with Crippen LogP contribution in [-0.2, 0) is 16.6 Å². The highest BCUT2D eigenvalue weighted by Crippen LogP contribution is 2.54. The Morgan fingerprint density at radius 3 is 2.49 bits per heavy atom. The minimum Gasteiger partial charge on any atom is -0.493 e. The van der Waals surface area contributed by atoms with E-state index in [1.54, 1.807) is 44.5 Å². The van der Waals surface area contributed by atoms with Gasteiger partial charge in [-0.25, -0.2) is 18.1 Å². The number of anilines is 2. The summed E-state index contributed by atoms with van der Waals surface area (Å²) in [6, 6.07) is 25.7. The van der Waals surface area contributed by atoms with Gasteiger partial charge >= 0.3 is 0 Å². The number of aliphatic hydroxyl groups is 1. The fraction of sp³-hybridized carbons (Fsp3) is 0.443. The zero-order valence-electron chi connectivity index (χ0n) is 46.5. The van der Waals surface area contributed by atoms with Crippen molar-refractivity contribution in [1.82, 2.24) is 24.5 Å². The summed E-state index contributed by atoms with van der Waals surface area (Å²) in [5.41, 5.74) is 5.02. The molecule has 12 rings (SSSR count). The third kappa shape index (κ3) is 10.9. The van der Waals surface area contributed by atoms with Gasteiger partial charge in [0.15, 0.2) is 28.5 Å². The first-order valence-corrected chi connectivity index (χ1v) is 29.7. The van der Waals surface area contributed by atoms with Crippen molar-refractivity contribution in [3.8, 4) is 28.7 Å². The van der Waals surface area contributed by atoms with Gasteiger partial charge in [-0.1, -0.05) is 38.1 Å². The number of nitrogens with one attached hydrogen (secondary N) is 3. The molecule has 1 amide bonds. The second-order valence-electron chi connectivity index (χ2n) is 23.6. The number of hydrogen-bond donors (Lipinski definition) is 4. The second kappa shape index (κ2) is 21.5. The third-order valence-electron chi connectivity index (χ3n) is 17.7. The molecule has 6 heterocycles. The number of fused-ring (bicyclic) bond motifs is 3. The Hall–Kier alpha value is -7.39. The number of amides is 1. The summed E-state index contributed by atoms with van der Waals surface area (Å²) in [4.78, 5) is 40.9. The zero-order chi connectivity index (χ0) is 56.4. The van der Waals surface area contributed by atoms with Crippen LogP contribution in [0.25, 0.3) is 22.0 Å². The largest absolute Gasteiger partial charge is 0.493 e. The van der Waals surface area contributed by atoms with Gasteiger partial charge in [-0.2, -0.15) is 0 Å².